The van der Waals surface area contributed by atoms with Gasteiger partial charge in [-0.15, -0.1) is 0 Å². The van der Waals surface area contributed by atoms with Gasteiger partial charge in [-0.1, -0.05) is 25.4 Å². The molecule has 1 aliphatic rings. The van der Waals surface area contributed by atoms with Crippen molar-refractivity contribution in [2.45, 2.75) is 39.2 Å². The minimum Gasteiger partial charge on any atom is -0.467 e. The van der Waals surface area contributed by atoms with Gasteiger partial charge in [0.15, 0.2) is 0 Å². The Bertz CT molecular complexity index is 675. The van der Waals surface area contributed by atoms with E-state index in [1.165, 1.54) is 7.11 Å². The van der Waals surface area contributed by atoms with E-state index in [1.807, 2.05) is 13.8 Å². The Balaban J connectivity index is 2.20. The van der Waals surface area contributed by atoms with Crippen LogP contribution in [0.4, 0.5) is 5.69 Å². The highest BCUT2D eigenvalue weighted by atomic mass is 35.5. The number of rotatable bonds is 6. The SMILES string of the molecule is COC(=O)C(CC(C)C)NC(=O)c1ccc(Cl)c(N2CCCC2=O)c1. The van der Waals surface area contributed by atoms with Crippen molar-refractivity contribution in [1.29, 1.82) is 0 Å². The third-order valence-electron chi connectivity index (χ3n) is 4.07. The molecule has 136 valence electrons. The van der Waals surface area contributed by atoms with Crippen LogP contribution in [-0.2, 0) is 14.3 Å². The molecule has 1 aliphatic heterocycles. The van der Waals surface area contributed by atoms with Crippen LogP contribution in [0.1, 0.15) is 43.5 Å². The summed E-state index contributed by atoms with van der Waals surface area (Å²) in [7, 11) is 1.29. The predicted octanol–water partition coefficient (Wildman–Crippen LogP) is 2.78. The lowest BCUT2D eigenvalue weighted by molar-refractivity contribution is -0.143. The number of methoxy groups -OCH3 is 1. The zero-order valence-corrected chi connectivity index (χ0v) is 15.4. The Labute approximate surface area is 152 Å². The molecule has 7 heteroatoms. The number of carbonyl (C=O) groups is 3. The number of carbonyl (C=O) groups excluding carboxylic acids is 3. The lowest BCUT2D eigenvalue weighted by Gasteiger charge is -2.20. The highest BCUT2D eigenvalue weighted by Gasteiger charge is 2.26. The minimum absolute atomic E-state index is 0.00768. The highest BCUT2D eigenvalue weighted by molar-refractivity contribution is 6.34. The van der Waals surface area contributed by atoms with Gasteiger partial charge in [0.2, 0.25) is 5.91 Å². The molecular formula is C18H23ClN2O4. The van der Waals surface area contributed by atoms with Crippen molar-refractivity contribution in [3.05, 3.63) is 28.8 Å². The van der Waals surface area contributed by atoms with Gasteiger partial charge in [-0.3, -0.25) is 9.59 Å². The zero-order chi connectivity index (χ0) is 18.6. The molecule has 0 aliphatic carbocycles. The summed E-state index contributed by atoms with van der Waals surface area (Å²) in [6, 6.07) is 4.04. The first kappa shape index (κ1) is 19.2. The number of amides is 2. The van der Waals surface area contributed by atoms with Crippen LogP contribution in [0.15, 0.2) is 18.2 Å². The van der Waals surface area contributed by atoms with Gasteiger partial charge in [0.05, 0.1) is 17.8 Å². The van der Waals surface area contributed by atoms with Crippen LogP contribution < -0.4 is 10.2 Å². The largest absolute Gasteiger partial charge is 0.467 e. The van der Waals surface area contributed by atoms with E-state index in [2.05, 4.69) is 5.32 Å². The van der Waals surface area contributed by atoms with Crippen molar-refractivity contribution in [3.8, 4) is 0 Å². The topological polar surface area (TPSA) is 75.7 Å². The summed E-state index contributed by atoms with van der Waals surface area (Å²) < 4.78 is 4.76. The molecule has 0 bridgehead atoms. The second-order valence-electron chi connectivity index (χ2n) is 6.49. The van der Waals surface area contributed by atoms with Crippen LogP contribution in [0.5, 0.6) is 0 Å². The number of nitrogens with one attached hydrogen (secondary N) is 1. The van der Waals surface area contributed by atoms with Gasteiger partial charge in [0, 0.05) is 18.5 Å². The van der Waals surface area contributed by atoms with Crippen molar-refractivity contribution in [1.82, 2.24) is 5.32 Å². The van der Waals surface area contributed by atoms with Crippen molar-refractivity contribution in [2.75, 3.05) is 18.6 Å². The molecule has 1 aromatic rings. The molecule has 6 nitrogen and oxygen atoms in total. The van der Waals surface area contributed by atoms with Gasteiger partial charge >= 0.3 is 5.97 Å². The first-order valence-corrected chi connectivity index (χ1v) is 8.70. The zero-order valence-electron chi connectivity index (χ0n) is 14.7. The first-order chi connectivity index (χ1) is 11.8. The second-order valence-corrected chi connectivity index (χ2v) is 6.90. The van der Waals surface area contributed by atoms with Gasteiger partial charge in [-0.05, 0) is 37.0 Å². The molecule has 0 radical (unpaired) electrons. The van der Waals surface area contributed by atoms with E-state index in [0.717, 1.165) is 6.42 Å². The fourth-order valence-electron chi connectivity index (χ4n) is 2.83. The van der Waals surface area contributed by atoms with Crippen molar-refractivity contribution >= 4 is 35.1 Å². The van der Waals surface area contributed by atoms with E-state index < -0.39 is 17.9 Å². The monoisotopic (exact) mass is 366 g/mol. The number of anilines is 1. The van der Waals surface area contributed by atoms with E-state index in [1.54, 1.807) is 23.1 Å². The summed E-state index contributed by atoms with van der Waals surface area (Å²) in [6.45, 7) is 4.50. The third-order valence-corrected chi connectivity index (χ3v) is 4.39. The summed E-state index contributed by atoms with van der Waals surface area (Å²) in [5, 5.41) is 3.12. The molecule has 1 unspecified atom stereocenters. The van der Waals surface area contributed by atoms with Crippen molar-refractivity contribution < 1.29 is 19.1 Å². The number of nitrogens with zero attached hydrogens (tertiary/aromatic N) is 1. The molecule has 1 N–H and O–H groups in total. The summed E-state index contributed by atoms with van der Waals surface area (Å²) in [5.41, 5.74) is 0.868. The molecule has 1 saturated heterocycles. The lowest BCUT2D eigenvalue weighted by Crippen LogP contribution is -2.42. The van der Waals surface area contributed by atoms with Gasteiger partial charge in [-0.25, -0.2) is 4.79 Å². The number of hydrogen-bond acceptors (Lipinski definition) is 4. The van der Waals surface area contributed by atoms with E-state index >= 15 is 0 Å². The Hall–Kier alpha value is -2.08. The number of benzene rings is 1. The summed E-state index contributed by atoms with van der Waals surface area (Å²) in [6.07, 6.45) is 1.72. The Morgan fingerprint density at radius 1 is 1.36 bits per heavy atom. The third kappa shape index (κ3) is 4.72. The van der Waals surface area contributed by atoms with Gasteiger partial charge in [0.25, 0.3) is 5.91 Å². The molecule has 1 heterocycles. The van der Waals surface area contributed by atoms with Gasteiger partial charge < -0.3 is 15.0 Å². The number of hydrogen-bond donors (Lipinski definition) is 1. The Morgan fingerprint density at radius 3 is 2.64 bits per heavy atom. The number of ether oxygens (including phenoxy) is 1. The van der Waals surface area contributed by atoms with E-state index in [-0.39, 0.29) is 11.8 Å². The van der Waals surface area contributed by atoms with E-state index in [9.17, 15) is 14.4 Å². The van der Waals surface area contributed by atoms with Crippen LogP contribution in [0, 0.1) is 5.92 Å². The average molecular weight is 367 g/mol. The normalized spacial score (nSPS) is 15.4. The van der Waals surface area contributed by atoms with Gasteiger partial charge in [0.1, 0.15) is 6.04 Å². The van der Waals surface area contributed by atoms with Crippen LogP contribution in [0.3, 0.4) is 0 Å². The molecule has 2 amide bonds. The smallest absolute Gasteiger partial charge is 0.328 e. The van der Waals surface area contributed by atoms with E-state index in [4.69, 9.17) is 16.3 Å². The highest BCUT2D eigenvalue weighted by Crippen LogP contribution is 2.30. The second kappa shape index (κ2) is 8.34. The van der Waals surface area contributed by atoms with Crippen LogP contribution in [0.2, 0.25) is 5.02 Å². The number of esters is 1. The van der Waals surface area contributed by atoms with Crippen LogP contribution in [-0.4, -0.2) is 37.5 Å². The summed E-state index contributed by atoms with van der Waals surface area (Å²) in [4.78, 5) is 38.0. The van der Waals surface area contributed by atoms with Crippen LogP contribution >= 0.6 is 11.6 Å². The van der Waals surface area contributed by atoms with E-state index in [0.29, 0.717) is 35.7 Å². The fraction of sp³-hybridized carbons (Fsp3) is 0.500. The molecule has 0 aromatic heterocycles. The van der Waals surface area contributed by atoms with Crippen LogP contribution in [0.25, 0.3) is 0 Å². The van der Waals surface area contributed by atoms with Crippen molar-refractivity contribution in [2.24, 2.45) is 5.92 Å². The molecular weight excluding hydrogens is 344 g/mol. The molecule has 0 spiro atoms. The maximum atomic E-state index is 12.6. The molecule has 1 aromatic carbocycles. The molecule has 1 fully saturated rings. The predicted molar refractivity (Wildman–Crippen MR) is 95.8 cm³/mol. The fourth-order valence-corrected chi connectivity index (χ4v) is 3.05. The Kier molecular flexibility index (Phi) is 6.42. The lowest BCUT2D eigenvalue weighted by atomic mass is 10.0. The maximum absolute atomic E-state index is 12.6. The maximum Gasteiger partial charge on any atom is 0.328 e. The summed E-state index contributed by atoms with van der Waals surface area (Å²) in [5.74, 6) is -0.675. The van der Waals surface area contributed by atoms with Crippen molar-refractivity contribution in [3.63, 3.8) is 0 Å². The Morgan fingerprint density at radius 2 is 2.08 bits per heavy atom. The molecule has 1 atom stereocenters. The minimum atomic E-state index is -0.718. The average Bonchev–Trinajstić information content (AvgIpc) is 2.99. The molecule has 25 heavy (non-hydrogen) atoms. The molecule has 2 rings (SSSR count). The summed E-state index contributed by atoms with van der Waals surface area (Å²) >= 11 is 6.19. The van der Waals surface area contributed by atoms with Gasteiger partial charge in [-0.2, -0.15) is 0 Å². The number of halogens is 1. The first-order valence-electron chi connectivity index (χ1n) is 8.32. The standard InChI is InChI=1S/C18H23ClN2O4/c1-11(2)9-14(18(24)25-3)20-17(23)12-6-7-13(19)15(10-12)21-8-4-5-16(21)22/h6-7,10-11,14H,4-5,8-9H2,1-3H3,(H,20,23). The molecule has 0 saturated carbocycles. The quantitative estimate of drug-likeness (QED) is 0.785.